The summed E-state index contributed by atoms with van der Waals surface area (Å²) < 4.78 is 2.02. The maximum atomic E-state index is 12.9. The summed E-state index contributed by atoms with van der Waals surface area (Å²) in [5.41, 5.74) is 4.61. The molecule has 3 N–H and O–H groups in total. The Kier molecular flexibility index (Phi) is 7.19. The molecular formula is C29H27N5O3S. The van der Waals surface area contributed by atoms with Gasteiger partial charge in [-0.3, -0.25) is 9.78 Å². The van der Waals surface area contributed by atoms with Gasteiger partial charge in [0.05, 0.1) is 23.3 Å². The Balaban J connectivity index is 1.45. The topological polar surface area (TPSA) is 99.5 Å². The van der Waals surface area contributed by atoms with Crippen LogP contribution < -0.4 is 10.6 Å². The SMILES string of the molecule is Cc1ccccc1NC(=O)CCN1C(=S)N[C@@H](c2ccccn2)[C@@H]1c1cccn1-c1ccc(C(=O)O)cc1. The lowest BCUT2D eigenvalue weighted by molar-refractivity contribution is -0.116. The molecule has 9 heteroatoms. The average molecular weight is 526 g/mol. The number of aromatic carboxylic acids is 1. The fraction of sp³-hybridized carbons (Fsp3) is 0.172. The van der Waals surface area contributed by atoms with Crippen LogP contribution in [0.5, 0.6) is 0 Å². The Labute approximate surface area is 225 Å². The molecule has 1 aliphatic heterocycles. The van der Waals surface area contributed by atoms with Gasteiger partial charge < -0.3 is 25.2 Å². The van der Waals surface area contributed by atoms with Crippen molar-refractivity contribution in [2.45, 2.75) is 25.4 Å². The van der Waals surface area contributed by atoms with Gasteiger partial charge >= 0.3 is 5.97 Å². The summed E-state index contributed by atoms with van der Waals surface area (Å²) in [5.74, 6) is -1.07. The molecule has 5 rings (SSSR count). The van der Waals surface area contributed by atoms with E-state index < -0.39 is 5.97 Å². The number of rotatable bonds is 8. The number of carbonyl (C=O) groups excluding carboxylic acids is 1. The van der Waals surface area contributed by atoms with Crippen molar-refractivity contribution >= 4 is 34.9 Å². The highest BCUT2D eigenvalue weighted by atomic mass is 32.1. The lowest BCUT2D eigenvalue weighted by Gasteiger charge is -2.29. The molecule has 4 aromatic rings. The first kappa shape index (κ1) is 25.2. The monoisotopic (exact) mass is 525 g/mol. The number of anilines is 1. The first-order valence-corrected chi connectivity index (χ1v) is 12.7. The molecule has 1 amide bonds. The van der Waals surface area contributed by atoms with Crippen molar-refractivity contribution in [3.05, 3.63) is 114 Å². The first-order valence-electron chi connectivity index (χ1n) is 12.3. The predicted molar refractivity (Wildman–Crippen MR) is 149 cm³/mol. The van der Waals surface area contributed by atoms with Gasteiger partial charge in [-0.1, -0.05) is 24.3 Å². The second kappa shape index (κ2) is 10.9. The van der Waals surface area contributed by atoms with E-state index in [4.69, 9.17) is 12.2 Å². The highest BCUT2D eigenvalue weighted by molar-refractivity contribution is 7.80. The van der Waals surface area contributed by atoms with E-state index in [9.17, 15) is 14.7 Å². The largest absolute Gasteiger partial charge is 0.478 e. The van der Waals surface area contributed by atoms with Crippen LogP contribution in [0.2, 0.25) is 0 Å². The van der Waals surface area contributed by atoms with Crippen LogP contribution in [0.4, 0.5) is 5.69 Å². The molecule has 0 unspecified atom stereocenters. The second-order valence-electron chi connectivity index (χ2n) is 9.09. The van der Waals surface area contributed by atoms with Gasteiger partial charge in [0, 0.05) is 42.4 Å². The quantitative estimate of drug-likeness (QED) is 0.282. The zero-order valence-electron chi connectivity index (χ0n) is 20.7. The van der Waals surface area contributed by atoms with Gasteiger partial charge in [-0.2, -0.15) is 0 Å². The summed E-state index contributed by atoms with van der Waals surface area (Å²) >= 11 is 5.76. The summed E-state index contributed by atoms with van der Waals surface area (Å²) in [7, 11) is 0. The van der Waals surface area contributed by atoms with Crippen molar-refractivity contribution in [1.29, 1.82) is 0 Å². The Morgan fingerprint density at radius 2 is 1.79 bits per heavy atom. The zero-order valence-corrected chi connectivity index (χ0v) is 21.6. The molecule has 1 saturated heterocycles. The molecule has 2 aromatic heterocycles. The molecule has 0 radical (unpaired) electrons. The van der Waals surface area contributed by atoms with Crippen LogP contribution in [-0.2, 0) is 4.79 Å². The van der Waals surface area contributed by atoms with Crippen LogP contribution in [0.25, 0.3) is 5.69 Å². The Morgan fingerprint density at radius 3 is 2.50 bits per heavy atom. The minimum atomic E-state index is -0.972. The summed E-state index contributed by atoms with van der Waals surface area (Å²) in [6, 6.07) is 23.6. The van der Waals surface area contributed by atoms with Gasteiger partial charge in [0.15, 0.2) is 5.11 Å². The molecule has 192 valence electrons. The van der Waals surface area contributed by atoms with E-state index in [0.717, 1.165) is 28.3 Å². The number of pyridine rings is 1. The fourth-order valence-electron chi connectivity index (χ4n) is 4.75. The molecule has 0 bridgehead atoms. The highest BCUT2D eigenvalue weighted by Gasteiger charge is 2.41. The first-order chi connectivity index (χ1) is 18.4. The predicted octanol–water partition coefficient (Wildman–Crippen LogP) is 4.88. The molecule has 1 aliphatic rings. The lowest BCUT2D eigenvalue weighted by atomic mass is 10.0. The third-order valence-corrected chi connectivity index (χ3v) is 7.02. The van der Waals surface area contributed by atoms with Crippen LogP contribution in [-0.4, -0.2) is 43.1 Å². The van der Waals surface area contributed by atoms with E-state index in [2.05, 4.69) is 15.6 Å². The van der Waals surface area contributed by atoms with Crippen molar-refractivity contribution in [3.8, 4) is 5.69 Å². The number of nitrogens with zero attached hydrogens (tertiary/aromatic N) is 3. The van der Waals surface area contributed by atoms with Crippen LogP contribution >= 0.6 is 12.2 Å². The number of para-hydroxylation sites is 1. The lowest BCUT2D eigenvalue weighted by Crippen LogP contribution is -2.33. The van der Waals surface area contributed by atoms with Crippen molar-refractivity contribution < 1.29 is 14.7 Å². The van der Waals surface area contributed by atoms with E-state index >= 15 is 0 Å². The summed E-state index contributed by atoms with van der Waals surface area (Å²) in [5, 5.41) is 16.3. The second-order valence-corrected chi connectivity index (χ2v) is 9.47. The third kappa shape index (κ3) is 5.14. The molecule has 8 nitrogen and oxygen atoms in total. The van der Waals surface area contributed by atoms with Crippen molar-refractivity contribution in [2.24, 2.45) is 0 Å². The van der Waals surface area contributed by atoms with Crippen LogP contribution in [0, 0.1) is 6.92 Å². The summed E-state index contributed by atoms with van der Waals surface area (Å²) in [6.07, 6.45) is 3.93. The molecule has 0 spiro atoms. The van der Waals surface area contributed by atoms with Crippen molar-refractivity contribution in [2.75, 3.05) is 11.9 Å². The molecule has 0 saturated carbocycles. The molecule has 2 atom stereocenters. The fourth-order valence-corrected chi connectivity index (χ4v) is 5.08. The van der Waals surface area contributed by atoms with E-state index in [1.165, 1.54) is 0 Å². The van der Waals surface area contributed by atoms with Crippen molar-refractivity contribution in [3.63, 3.8) is 0 Å². The minimum Gasteiger partial charge on any atom is -0.478 e. The normalized spacial score (nSPS) is 16.8. The Bertz CT molecular complexity index is 1470. The van der Waals surface area contributed by atoms with Gasteiger partial charge in [-0.25, -0.2) is 4.79 Å². The number of carboxylic acid groups (broad SMARTS) is 1. The van der Waals surface area contributed by atoms with Gasteiger partial charge in [0.2, 0.25) is 5.91 Å². The number of amides is 1. The number of carboxylic acids is 1. The number of aryl methyl sites for hydroxylation is 1. The van der Waals surface area contributed by atoms with E-state index in [1.807, 2.05) is 77.2 Å². The number of benzene rings is 2. The standard InChI is InChI=1S/C29H27N5O3S/c1-19-7-2-3-8-22(19)31-25(35)15-18-34-27(26(32-29(34)38)23-9-4-5-16-30-23)24-10-6-17-33(24)21-13-11-20(12-14-21)28(36)37/h2-14,16-17,26-27H,15,18H2,1H3,(H,31,35)(H,32,38)(H,36,37)/t26-,27-/m0/s1. The molecule has 1 fully saturated rings. The highest BCUT2D eigenvalue weighted by Crippen LogP contribution is 2.39. The van der Waals surface area contributed by atoms with Crippen LogP contribution in [0.15, 0.2) is 91.3 Å². The maximum Gasteiger partial charge on any atom is 0.335 e. The maximum absolute atomic E-state index is 12.9. The average Bonchev–Trinajstić information content (AvgIpc) is 3.53. The number of nitrogens with one attached hydrogen (secondary N) is 2. The van der Waals surface area contributed by atoms with E-state index in [1.54, 1.807) is 30.5 Å². The smallest absolute Gasteiger partial charge is 0.335 e. The number of carbonyl (C=O) groups is 2. The van der Waals surface area contributed by atoms with Gasteiger partial charge in [0.1, 0.15) is 0 Å². The van der Waals surface area contributed by atoms with E-state index in [-0.39, 0.29) is 30.0 Å². The van der Waals surface area contributed by atoms with Crippen molar-refractivity contribution in [1.82, 2.24) is 19.8 Å². The number of thiocarbonyl (C=S) groups is 1. The third-order valence-electron chi connectivity index (χ3n) is 6.67. The number of hydrogen-bond acceptors (Lipinski definition) is 4. The van der Waals surface area contributed by atoms with Gasteiger partial charge in [0.25, 0.3) is 0 Å². The number of hydrogen-bond donors (Lipinski definition) is 3. The van der Waals surface area contributed by atoms with Crippen LogP contribution in [0.3, 0.4) is 0 Å². The summed E-state index contributed by atoms with van der Waals surface area (Å²) in [4.78, 5) is 30.8. The van der Waals surface area contributed by atoms with Gasteiger partial charge in [-0.15, -0.1) is 0 Å². The zero-order chi connectivity index (χ0) is 26.6. The Hall–Kier alpha value is -4.50. The minimum absolute atomic E-state index is 0.0956. The molecular weight excluding hydrogens is 498 g/mol. The molecule has 2 aromatic carbocycles. The molecule has 0 aliphatic carbocycles. The number of aromatic nitrogens is 2. The Morgan fingerprint density at radius 1 is 1.03 bits per heavy atom. The van der Waals surface area contributed by atoms with Gasteiger partial charge in [-0.05, 0) is 79.3 Å². The molecule has 3 heterocycles. The van der Waals surface area contributed by atoms with Crippen LogP contribution in [0.1, 0.15) is 45.8 Å². The molecule has 38 heavy (non-hydrogen) atoms. The van der Waals surface area contributed by atoms with E-state index in [0.29, 0.717) is 11.7 Å². The summed E-state index contributed by atoms with van der Waals surface area (Å²) in [6.45, 7) is 2.36.